The van der Waals surface area contributed by atoms with Gasteiger partial charge in [0, 0.05) is 37.2 Å². The second-order valence-electron chi connectivity index (χ2n) is 10.3. The number of H-pyrrole nitrogens is 1. The second-order valence-corrected chi connectivity index (χ2v) is 10.3. The average molecular weight is 530 g/mol. The highest BCUT2D eigenvalue weighted by molar-refractivity contribution is 5.91. The number of anilines is 2. The van der Waals surface area contributed by atoms with E-state index < -0.39 is 5.76 Å². The van der Waals surface area contributed by atoms with Gasteiger partial charge in [-0.05, 0) is 72.4 Å². The number of aryl methyl sites for hydroxylation is 1. The fourth-order valence-electron chi connectivity index (χ4n) is 5.80. The fraction of sp³-hybridized carbons (Fsp3) is 0.345. The molecule has 10 nitrogen and oxygen atoms in total. The Morgan fingerprint density at radius 2 is 1.90 bits per heavy atom. The van der Waals surface area contributed by atoms with E-state index in [1.165, 1.54) is 0 Å². The number of ether oxygens (including phenoxy) is 1. The number of benzene rings is 2. The molecule has 6 rings (SSSR count). The number of hydrogen-bond acceptors (Lipinski definition) is 6. The molecule has 0 unspecified atom stereocenters. The molecule has 2 N–H and O–H groups in total. The monoisotopic (exact) mass is 529 g/mol. The Morgan fingerprint density at radius 1 is 1.08 bits per heavy atom. The Labute approximate surface area is 225 Å². The number of urea groups is 1. The normalized spacial score (nSPS) is 16.2. The van der Waals surface area contributed by atoms with Crippen molar-refractivity contribution < 1.29 is 18.7 Å². The van der Waals surface area contributed by atoms with Gasteiger partial charge in [-0.15, -0.1) is 0 Å². The lowest BCUT2D eigenvalue weighted by Crippen LogP contribution is -2.50. The lowest BCUT2D eigenvalue weighted by Gasteiger charge is -2.36. The van der Waals surface area contributed by atoms with Crippen molar-refractivity contribution in [2.75, 3.05) is 37.0 Å². The summed E-state index contributed by atoms with van der Waals surface area (Å²) in [6, 6.07) is 13.4. The summed E-state index contributed by atoms with van der Waals surface area (Å²) in [7, 11) is 1.64. The molecular formula is C29H31N5O5. The number of hydrogen-bond donors (Lipinski definition) is 2. The molecule has 0 spiro atoms. The summed E-state index contributed by atoms with van der Waals surface area (Å²) in [5.41, 5.74) is 6.08. The Bertz CT molecular complexity index is 1600. The molecular weight excluding hydrogens is 498 g/mol. The molecule has 1 fully saturated rings. The SMILES string of the molecule is COc1ccc2c(c1)CCN(C1CCN(c3cc(Cc4cc(C)c5[nH]c(=O)oc5c4)cc[n+]3[O-])CC1)C(=O)N2. The number of methoxy groups -OCH3 is 1. The maximum Gasteiger partial charge on any atom is 0.417 e. The van der Waals surface area contributed by atoms with Gasteiger partial charge < -0.3 is 24.6 Å². The minimum Gasteiger partial charge on any atom is -0.711 e. The van der Waals surface area contributed by atoms with Gasteiger partial charge in [0.1, 0.15) is 5.75 Å². The van der Waals surface area contributed by atoms with Crippen molar-refractivity contribution in [3.05, 3.63) is 86.7 Å². The predicted octanol–water partition coefficient (Wildman–Crippen LogP) is 3.72. The number of piperidine rings is 1. The number of aromatic amines is 1. The van der Waals surface area contributed by atoms with E-state index in [0.29, 0.717) is 43.0 Å². The van der Waals surface area contributed by atoms with Gasteiger partial charge in [-0.2, -0.15) is 0 Å². The van der Waals surface area contributed by atoms with Crippen molar-refractivity contribution >= 4 is 28.6 Å². The Hall–Kier alpha value is -4.47. The van der Waals surface area contributed by atoms with Crippen LogP contribution in [0.4, 0.5) is 16.3 Å². The molecule has 39 heavy (non-hydrogen) atoms. The molecule has 0 radical (unpaired) electrons. The number of fused-ring (bicyclic) bond motifs is 2. The van der Waals surface area contributed by atoms with Crippen LogP contribution < -0.4 is 25.4 Å². The van der Waals surface area contributed by atoms with Crippen LogP contribution in [0.15, 0.2) is 57.9 Å². The second kappa shape index (κ2) is 10.0. The maximum absolute atomic E-state index is 13.1. The van der Waals surface area contributed by atoms with E-state index in [4.69, 9.17) is 9.15 Å². The first kappa shape index (κ1) is 24.8. The first-order chi connectivity index (χ1) is 18.9. The van der Waals surface area contributed by atoms with Crippen molar-refractivity contribution in [2.24, 2.45) is 0 Å². The van der Waals surface area contributed by atoms with Crippen molar-refractivity contribution in [1.29, 1.82) is 0 Å². The van der Waals surface area contributed by atoms with E-state index >= 15 is 0 Å². The third kappa shape index (κ3) is 4.89. The van der Waals surface area contributed by atoms with Crippen LogP contribution in [-0.4, -0.2) is 48.7 Å². The highest BCUT2D eigenvalue weighted by Gasteiger charge is 2.33. The Kier molecular flexibility index (Phi) is 6.38. The number of carbonyl (C=O) groups excluding carboxylic acids is 1. The number of oxazole rings is 1. The van der Waals surface area contributed by atoms with Gasteiger partial charge in [0.2, 0.25) is 0 Å². The average Bonchev–Trinajstić information content (AvgIpc) is 3.23. The molecule has 4 aromatic rings. The van der Waals surface area contributed by atoms with Gasteiger partial charge in [-0.3, -0.25) is 9.88 Å². The van der Waals surface area contributed by atoms with Crippen LogP contribution in [-0.2, 0) is 12.8 Å². The van der Waals surface area contributed by atoms with Crippen molar-refractivity contribution in [1.82, 2.24) is 9.88 Å². The third-order valence-corrected chi connectivity index (χ3v) is 7.83. The fourth-order valence-corrected chi connectivity index (χ4v) is 5.80. The number of rotatable bonds is 5. The molecule has 2 aliphatic heterocycles. The van der Waals surface area contributed by atoms with Crippen LogP contribution in [0.3, 0.4) is 0 Å². The minimum atomic E-state index is -0.467. The summed E-state index contributed by atoms with van der Waals surface area (Å²) in [5, 5.41) is 15.8. The van der Waals surface area contributed by atoms with Crippen LogP contribution in [0, 0.1) is 12.1 Å². The molecule has 4 heterocycles. The number of nitrogens with zero attached hydrogens (tertiary/aromatic N) is 3. The standard InChI is InChI=1S/C29H31N5O5/c1-18-13-20(15-25-27(18)31-29(36)39-25)14-19-5-12-34(37)26(16-19)32-9-7-22(8-10-32)33-11-6-21-17-23(38-2)3-4-24(21)30-28(33)35/h3-5,12-13,15-17,22H,6-11,14H2,1-2H3,(H,30,35)(H,31,36). The third-order valence-electron chi connectivity index (χ3n) is 7.83. The van der Waals surface area contributed by atoms with E-state index in [1.54, 1.807) is 13.3 Å². The van der Waals surface area contributed by atoms with Crippen LogP contribution in [0.5, 0.6) is 5.75 Å². The summed E-state index contributed by atoms with van der Waals surface area (Å²) < 4.78 is 11.5. The summed E-state index contributed by atoms with van der Waals surface area (Å²) in [4.78, 5) is 31.4. The van der Waals surface area contributed by atoms with E-state index in [2.05, 4.69) is 15.2 Å². The zero-order valence-electron chi connectivity index (χ0n) is 22.0. The molecule has 0 atom stereocenters. The Morgan fingerprint density at radius 3 is 2.69 bits per heavy atom. The minimum absolute atomic E-state index is 0.0798. The van der Waals surface area contributed by atoms with Crippen LogP contribution >= 0.6 is 0 Å². The van der Waals surface area contributed by atoms with Crippen molar-refractivity contribution in [2.45, 2.75) is 38.6 Å². The topological polar surface area (TPSA) is 118 Å². The van der Waals surface area contributed by atoms with E-state index in [1.807, 2.05) is 54.3 Å². The molecule has 0 saturated carbocycles. The first-order valence-corrected chi connectivity index (χ1v) is 13.2. The lowest BCUT2D eigenvalue weighted by atomic mass is 10.0. The number of carbonyl (C=O) groups is 1. The quantitative estimate of drug-likeness (QED) is 0.301. The highest BCUT2D eigenvalue weighted by atomic mass is 16.5. The van der Waals surface area contributed by atoms with Crippen LogP contribution in [0.1, 0.15) is 35.1 Å². The summed E-state index contributed by atoms with van der Waals surface area (Å²) in [5.74, 6) is 0.923. The summed E-state index contributed by atoms with van der Waals surface area (Å²) in [6.45, 7) is 3.93. The van der Waals surface area contributed by atoms with Crippen LogP contribution in [0.2, 0.25) is 0 Å². The smallest absolute Gasteiger partial charge is 0.417 e. The maximum atomic E-state index is 13.1. The molecule has 0 aliphatic carbocycles. The van der Waals surface area contributed by atoms with Gasteiger partial charge >= 0.3 is 11.8 Å². The van der Waals surface area contributed by atoms with Crippen molar-refractivity contribution in [3.63, 3.8) is 0 Å². The van der Waals surface area contributed by atoms with Gasteiger partial charge in [0.15, 0.2) is 5.58 Å². The molecule has 0 bridgehead atoms. The molecule has 2 aliphatic rings. The lowest BCUT2D eigenvalue weighted by molar-refractivity contribution is -0.592. The first-order valence-electron chi connectivity index (χ1n) is 13.2. The number of pyridine rings is 1. The van der Waals surface area contributed by atoms with Crippen molar-refractivity contribution in [3.8, 4) is 5.75 Å². The summed E-state index contributed by atoms with van der Waals surface area (Å²) in [6.07, 6.45) is 4.46. The number of amides is 2. The predicted molar refractivity (Wildman–Crippen MR) is 147 cm³/mol. The molecule has 2 amide bonds. The van der Waals surface area contributed by atoms with Gasteiger partial charge in [-0.1, -0.05) is 6.07 Å². The van der Waals surface area contributed by atoms with Crippen LogP contribution in [0.25, 0.3) is 11.1 Å². The van der Waals surface area contributed by atoms with E-state index in [-0.39, 0.29) is 12.1 Å². The van der Waals surface area contributed by atoms with E-state index in [0.717, 1.165) is 57.7 Å². The highest BCUT2D eigenvalue weighted by Crippen LogP contribution is 2.29. The van der Waals surface area contributed by atoms with Gasteiger partial charge in [0.05, 0.1) is 31.9 Å². The largest absolute Gasteiger partial charge is 0.711 e. The molecule has 202 valence electrons. The zero-order valence-corrected chi connectivity index (χ0v) is 22.0. The zero-order chi connectivity index (χ0) is 27.1. The molecule has 2 aromatic heterocycles. The summed E-state index contributed by atoms with van der Waals surface area (Å²) >= 11 is 0. The van der Waals surface area contributed by atoms with Gasteiger partial charge in [-0.25, -0.2) is 14.3 Å². The molecule has 1 saturated heterocycles. The molecule has 10 heteroatoms. The van der Waals surface area contributed by atoms with Gasteiger partial charge in [0.25, 0.3) is 5.82 Å². The Balaban J connectivity index is 1.13. The van der Waals surface area contributed by atoms with E-state index in [9.17, 15) is 14.8 Å². The number of aromatic nitrogens is 2. The molecule has 2 aromatic carbocycles. The number of nitrogens with one attached hydrogen (secondary N) is 2.